The highest BCUT2D eigenvalue weighted by molar-refractivity contribution is 7.90. The van der Waals surface area contributed by atoms with E-state index in [1.165, 1.54) is 18.4 Å². The molecule has 1 heterocycles. The van der Waals surface area contributed by atoms with E-state index >= 15 is 0 Å². The molecule has 0 saturated heterocycles. The van der Waals surface area contributed by atoms with Gasteiger partial charge in [-0.1, -0.05) is 0 Å². The fourth-order valence-electron chi connectivity index (χ4n) is 2.74. The Hall–Kier alpha value is -1.52. The minimum Gasteiger partial charge on any atom is -0.469 e. The molecule has 0 aromatic carbocycles. The fraction of sp³-hybridized carbons (Fsp3) is 0.706. The molecule has 10 heteroatoms. The van der Waals surface area contributed by atoms with Gasteiger partial charge in [0, 0.05) is 17.3 Å². The summed E-state index contributed by atoms with van der Waals surface area (Å²) < 4.78 is 31.0. The van der Waals surface area contributed by atoms with Crippen molar-refractivity contribution in [3.63, 3.8) is 0 Å². The van der Waals surface area contributed by atoms with Crippen molar-refractivity contribution in [1.29, 1.82) is 0 Å². The van der Waals surface area contributed by atoms with Crippen molar-refractivity contribution in [3.05, 3.63) is 11.1 Å². The molecule has 1 saturated carbocycles. The summed E-state index contributed by atoms with van der Waals surface area (Å²) in [6, 6.07) is -0.134. The molecule has 1 aliphatic carbocycles. The van der Waals surface area contributed by atoms with Gasteiger partial charge in [-0.15, -0.1) is 11.3 Å². The SMILES string of the molecule is COC(=O)Cc1csc(NC(=O)C2CCC(NS(=O)(=O)C(C)(C)C)CC2)n1. The summed E-state index contributed by atoms with van der Waals surface area (Å²) in [5, 5.41) is 4.95. The number of nitrogens with one attached hydrogen (secondary N) is 2. The Balaban J connectivity index is 1.84. The number of hydrogen-bond donors (Lipinski definition) is 2. The molecule has 1 aromatic heterocycles. The predicted molar refractivity (Wildman–Crippen MR) is 104 cm³/mol. The van der Waals surface area contributed by atoms with Gasteiger partial charge in [0.1, 0.15) is 0 Å². The van der Waals surface area contributed by atoms with Gasteiger partial charge in [-0.05, 0) is 46.5 Å². The Kier molecular flexibility index (Phi) is 6.98. The average Bonchev–Trinajstić information content (AvgIpc) is 3.00. The van der Waals surface area contributed by atoms with Gasteiger partial charge in [-0.25, -0.2) is 18.1 Å². The number of hydrogen-bond acceptors (Lipinski definition) is 7. The van der Waals surface area contributed by atoms with Gasteiger partial charge < -0.3 is 10.1 Å². The average molecular weight is 418 g/mol. The highest BCUT2D eigenvalue weighted by Crippen LogP contribution is 2.28. The number of carbonyl (C=O) groups is 2. The molecule has 0 aliphatic heterocycles. The van der Waals surface area contributed by atoms with E-state index in [9.17, 15) is 18.0 Å². The van der Waals surface area contributed by atoms with E-state index in [1.807, 2.05) is 0 Å². The summed E-state index contributed by atoms with van der Waals surface area (Å²) in [7, 11) is -2.07. The standard InChI is InChI=1S/C17H27N3O5S2/c1-17(2,3)27(23,24)20-12-7-5-11(6-8-12)15(22)19-16-18-13(10-26-16)9-14(21)25-4/h10-12,20H,5-9H2,1-4H3,(H,18,19,22). The van der Waals surface area contributed by atoms with E-state index in [-0.39, 0.29) is 30.3 Å². The molecular formula is C17H27N3O5S2. The van der Waals surface area contributed by atoms with Crippen molar-refractivity contribution in [1.82, 2.24) is 9.71 Å². The molecule has 8 nitrogen and oxygen atoms in total. The van der Waals surface area contributed by atoms with Crippen molar-refractivity contribution in [2.75, 3.05) is 12.4 Å². The number of sulfonamides is 1. The van der Waals surface area contributed by atoms with Gasteiger partial charge in [0.2, 0.25) is 15.9 Å². The molecule has 0 bridgehead atoms. The number of esters is 1. The van der Waals surface area contributed by atoms with E-state index in [4.69, 9.17) is 0 Å². The molecule has 1 aliphatic rings. The van der Waals surface area contributed by atoms with E-state index in [0.29, 0.717) is 36.5 Å². The molecule has 0 spiro atoms. The molecule has 2 N–H and O–H groups in total. The molecule has 0 atom stereocenters. The van der Waals surface area contributed by atoms with Crippen LogP contribution in [-0.4, -0.2) is 43.2 Å². The number of anilines is 1. The maximum Gasteiger partial charge on any atom is 0.311 e. The number of methoxy groups -OCH3 is 1. The van der Waals surface area contributed by atoms with Crippen LogP contribution in [0.3, 0.4) is 0 Å². The zero-order chi connectivity index (χ0) is 20.2. The Morgan fingerprint density at radius 2 is 1.89 bits per heavy atom. The van der Waals surface area contributed by atoms with Crippen molar-refractivity contribution < 1.29 is 22.7 Å². The van der Waals surface area contributed by atoms with E-state index in [0.717, 1.165) is 0 Å². The third-order valence-electron chi connectivity index (χ3n) is 4.56. The monoisotopic (exact) mass is 417 g/mol. The van der Waals surface area contributed by atoms with E-state index < -0.39 is 14.8 Å². The van der Waals surface area contributed by atoms with Crippen LogP contribution in [0.5, 0.6) is 0 Å². The zero-order valence-corrected chi connectivity index (χ0v) is 17.7. The topological polar surface area (TPSA) is 114 Å². The van der Waals surface area contributed by atoms with E-state index in [2.05, 4.69) is 19.8 Å². The lowest BCUT2D eigenvalue weighted by molar-refractivity contribution is -0.139. The quantitative estimate of drug-likeness (QED) is 0.685. The van der Waals surface area contributed by atoms with Crippen LogP contribution >= 0.6 is 11.3 Å². The summed E-state index contributed by atoms with van der Waals surface area (Å²) in [6.45, 7) is 4.99. The number of aromatic nitrogens is 1. The van der Waals surface area contributed by atoms with Crippen LogP contribution in [0.1, 0.15) is 52.1 Å². The van der Waals surface area contributed by atoms with Gasteiger partial charge in [0.15, 0.2) is 5.13 Å². The third kappa shape index (κ3) is 5.98. The maximum absolute atomic E-state index is 12.4. The Bertz CT molecular complexity index is 775. The van der Waals surface area contributed by atoms with Gasteiger partial charge in [-0.2, -0.15) is 0 Å². The van der Waals surface area contributed by atoms with Crippen molar-refractivity contribution in [3.8, 4) is 0 Å². The summed E-state index contributed by atoms with van der Waals surface area (Å²) in [5.74, 6) is -0.673. The van der Waals surface area contributed by atoms with Crippen LogP contribution < -0.4 is 10.0 Å². The Labute approximate surface area is 164 Å². The number of rotatable bonds is 6. The smallest absolute Gasteiger partial charge is 0.311 e. The first-order valence-electron chi connectivity index (χ1n) is 8.86. The lowest BCUT2D eigenvalue weighted by Gasteiger charge is -2.30. The van der Waals surface area contributed by atoms with Crippen molar-refractivity contribution >= 4 is 38.4 Å². The highest BCUT2D eigenvalue weighted by atomic mass is 32.2. The number of ether oxygens (including phenoxy) is 1. The van der Waals surface area contributed by atoms with Crippen LogP contribution in [-0.2, 0) is 30.8 Å². The lowest BCUT2D eigenvalue weighted by atomic mass is 9.86. The van der Waals surface area contributed by atoms with Gasteiger partial charge in [-0.3, -0.25) is 9.59 Å². The molecule has 1 fully saturated rings. The first-order chi connectivity index (χ1) is 12.5. The predicted octanol–water partition coefficient (Wildman–Crippen LogP) is 2.07. The molecule has 2 rings (SSSR count). The summed E-state index contributed by atoms with van der Waals surface area (Å²) in [4.78, 5) is 27.9. The third-order valence-corrected chi connectivity index (χ3v) is 7.62. The summed E-state index contributed by atoms with van der Waals surface area (Å²) in [6.07, 6.45) is 2.55. The number of carbonyl (C=O) groups excluding carboxylic acids is 2. The van der Waals surface area contributed by atoms with Crippen molar-refractivity contribution in [2.45, 2.75) is 63.7 Å². The van der Waals surface area contributed by atoms with Gasteiger partial charge in [0.25, 0.3) is 0 Å². The number of thiazole rings is 1. The molecule has 27 heavy (non-hydrogen) atoms. The Morgan fingerprint density at radius 1 is 1.26 bits per heavy atom. The molecule has 152 valence electrons. The largest absolute Gasteiger partial charge is 0.469 e. The van der Waals surface area contributed by atoms with Crippen LogP contribution in [0.15, 0.2) is 5.38 Å². The second-order valence-corrected chi connectivity index (χ2v) is 11.0. The highest BCUT2D eigenvalue weighted by Gasteiger charge is 2.34. The van der Waals surface area contributed by atoms with Crippen LogP contribution in [0, 0.1) is 5.92 Å². The van der Waals surface area contributed by atoms with Crippen LogP contribution in [0.25, 0.3) is 0 Å². The first kappa shape index (κ1) is 21.8. The minimum absolute atomic E-state index is 0.0713. The fourth-order valence-corrected chi connectivity index (χ4v) is 4.48. The minimum atomic E-state index is -3.39. The molecule has 1 amide bonds. The zero-order valence-electron chi connectivity index (χ0n) is 16.1. The Morgan fingerprint density at radius 3 is 2.44 bits per heavy atom. The maximum atomic E-state index is 12.4. The molecule has 0 unspecified atom stereocenters. The van der Waals surface area contributed by atoms with E-state index in [1.54, 1.807) is 26.2 Å². The molecule has 1 aromatic rings. The summed E-state index contributed by atoms with van der Waals surface area (Å²) >= 11 is 1.26. The van der Waals surface area contributed by atoms with Gasteiger partial charge in [0.05, 0.1) is 24.0 Å². The molecule has 0 radical (unpaired) electrons. The van der Waals surface area contributed by atoms with Gasteiger partial charge >= 0.3 is 5.97 Å². The first-order valence-corrected chi connectivity index (χ1v) is 11.2. The van der Waals surface area contributed by atoms with Crippen molar-refractivity contribution in [2.24, 2.45) is 5.92 Å². The number of amides is 1. The normalized spacial score (nSPS) is 20.9. The van der Waals surface area contributed by atoms with Crippen LogP contribution in [0.2, 0.25) is 0 Å². The second kappa shape index (κ2) is 8.66. The number of nitrogens with zero attached hydrogens (tertiary/aromatic N) is 1. The van der Waals surface area contributed by atoms with Crippen LogP contribution in [0.4, 0.5) is 5.13 Å². The summed E-state index contributed by atoms with van der Waals surface area (Å²) in [5.41, 5.74) is 0.558. The second-order valence-electron chi connectivity index (χ2n) is 7.67. The molecular weight excluding hydrogens is 390 g/mol. The lowest BCUT2D eigenvalue weighted by Crippen LogP contribution is -2.46.